The second kappa shape index (κ2) is 7.58. The Morgan fingerprint density at radius 1 is 1.18 bits per heavy atom. The van der Waals surface area contributed by atoms with Gasteiger partial charge >= 0.3 is 11.9 Å². The van der Waals surface area contributed by atoms with Crippen LogP contribution in [0.25, 0.3) is 0 Å². The number of fused-ring (bicyclic) bond motifs is 1. The Morgan fingerprint density at radius 3 is 2.55 bits per heavy atom. The molecule has 0 aromatic heterocycles. The first-order chi connectivity index (χ1) is 10.5. The number of rotatable bonds is 5. The number of esters is 2. The van der Waals surface area contributed by atoms with Crippen LogP contribution in [0.5, 0.6) is 11.5 Å². The first kappa shape index (κ1) is 16.7. The van der Waals surface area contributed by atoms with Crippen LogP contribution in [0.1, 0.15) is 37.8 Å². The number of halogens is 1. The van der Waals surface area contributed by atoms with Gasteiger partial charge in [0.25, 0.3) is 0 Å². The highest BCUT2D eigenvalue weighted by Crippen LogP contribution is 2.38. The molecular formula is C17H19BrO4. The molecular weight excluding hydrogens is 348 g/mol. The fourth-order valence-electron chi connectivity index (χ4n) is 2.57. The summed E-state index contributed by atoms with van der Waals surface area (Å²) in [6, 6.07) is 3.65. The molecule has 1 aliphatic carbocycles. The van der Waals surface area contributed by atoms with Crippen LogP contribution in [0, 0.1) is 0 Å². The Kier molecular flexibility index (Phi) is 5.77. The van der Waals surface area contributed by atoms with Crippen molar-refractivity contribution in [2.45, 2.75) is 39.5 Å². The molecule has 0 spiro atoms. The van der Waals surface area contributed by atoms with Gasteiger partial charge in [-0.1, -0.05) is 33.6 Å². The maximum absolute atomic E-state index is 11.4. The predicted octanol–water partition coefficient (Wildman–Crippen LogP) is 3.74. The lowest BCUT2D eigenvalue weighted by atomic mass is 9.89. The van der Waals surface area contributed by atoms with E-state index in [0.717, 1.165) is 35.7 Å². The summed E-state index contributed by atoms with van der Waals surface area (Å²) < 4.78 is 10.5. The minimum Gasteiger partial charge on any atom is -0.423 e. The molecule has 1 aromatic carbocycles. The average Bonchev–Trinajstić information content (AvgIpc) is 2.46. The third kappa shape index (κ3) is 4.19. The highest BCUT2D eigenvalue weighted by molar-refractivity contribution is 9.09. The second-order valence-corrected chi connectivity index (χ2v) is 6.05. The zero-order valence-corrected chi connectivity index (χ0v) is 14.4. The highest BCUT2D eigenvalue weighted by Gasteiger charge is 2.21. The molecule has 0 unspecified atom stereocenters. The van der Waals surface area contributed by atoms with Gasteiger partial charge in [-0.3, -0.25) is 9.59 Å². The minimum absolute atomic E-state index is 0.304. The summed E-state index contributed by atoms with van der Waals surface area (Å²) in [6.07, 6.45) is 5.86. The average molecular weight is 367 g/mol. The fourth-order valence-corrected chi connectivity index (χ4v) is 2.86. The minimum atomic E-state index is -0.433. The standard InChI is InChI=1S/C17H19BrO4/c1-11(19)21-16-8-6-14-10-13(4-3-9-18)5-7-15(14)17(16)22-12(2)20/h5-6,8H,3-4,7,9-10H2,1-2H3. The number of hydrogen-bond donors (Lipinski definition) is 0. The Bertz CT molecular complexity index is 619. The fraction of sp³-hybridized carbons (Fsp3) is 0.412. The summed E-state index contributed by atoms with van der Waals surface area (Å²) in [5.41, 5.74) is 3.44. The van der Waals surface area contributed by atoms with E-state index in [0.29, 0.717) is 17.9 Å². The first-order valence-electron chi connectivity index (χ1n) is 7.26. The lowest BCUT2D eigenvalue weighted by Gasteiger charge is -2.21. The quantitative estimate of drug-likeness (QED) is 0.344. The van der Waals surface area contributed by atoms with E-state index in [2.05, 4.69) is 22.0 Å². The van der Waals surface area contributed by atoms with E-state index in [4.69, 9.17) is 9.47 Å². The normalized spacial score (nSPS) is 13.1. The molecule has 5 heteroatoms. The van der Waals surface area contributed by atoms with Crippen molar-refractivity contribution in [2.75, 3.05) is 5.33 Å². The number of hydrogen-bond acceptors (Lipinski definition) is 4. The zero-order chi connectivity index (χ0) is 16.1. The molecule has 0 bridgehead atoms. The second-order valence-electron chi connectivity index (χ2n) is 5.25. The SMILES string of the molecule is CC(=O)Oc1ccc2c(c1OC(C)=O)CC=C(CCCBr)C2. The monoisotopic (exact) mass is 366 g/mol. The molecule has 2 rings (SSSR count). The van der Waals surface area contributed by atoms with Crippen molar-refractivity contribution in [1.82, 2.24) is 0 Å². The highest BCUT2D eigenvalue weighted by atomic mass is 79.9. The van der Waals surface area contributed by atoms with Crippen LogP contribution in [0.4, 0.5) is 0 Å². The van der Waals surface area contributed by atoms with Crippen molar-refractivity contribution in [3.8, 4) is 11.5 Å². The molecule has 0 radical (unpaired) electrons. The lowest BCUT2D eigenvalue weighted by molar-refractivity contribution is -0.134. The van der Waals surface area contributed by atoms with E-state index in [1.54, 1.807) is 6.07 Å². The van der Waals surface area contributed by atoms with Gasteiger partial charge in [0.1, 0.15) is 0 Å². The maximum atomic E-state index is 11.4. The maximum Gasteiger partial charge on any atom is 0.308 e. The van der Waals surface area contributed by atoms with Crippen LogP contribution < -0.4 is 9.47 Å². The molecule has 1 aromatic rings. The molecule has 0 amide bonds. The lowest BCUT2D eigenvalue weighted by Crippen LogP contribution is -2.12. The van der Waals surface area contributed by atoms with Crippen molar-refractivity contribution < 1.29 is 19.1 Å². The van der Waals surface area contributed by atoms with Gasteiger partial charge in [-0.2, -0.15) is 0 Å². The summed E-state index contributed by atoms with van der Waals surface area (Å²) in [7, 11) is 0. The van der Waals surface area contributed by atoms with E-state index in [1.807, 2.05) is 6.07 Å². The van der Waals surface area contributed by atoms with Gasteiger partial charge in [-0.15, -0.1) is 0 Å². The van der Waals surface area contributed by atoms with Crippen LogP contribution in [0.15, 0.2) is 23.8 Å². The van der Waals surface area contributed by atoms with Crippen LogP contribution in [-0.4, -0.2) is 17.3 Å². The topological polar surface area (TPSA) is 52.6 Å². The first-order valence-corrected chi connectivity index (χ1v) is 8.39. The zero-order valence-electron chi connectivity index (χ0n) is 12.8. The van der Waals surface area contributed by atoms with Gasteiger partial charge in [-0.25, -0.2) is 0 Å². The molecule has 0 fully saturated rings. The predicted molar refractivity (Wildman–Crippen MR) is 87.6 cm³/mol. The largest absolute Gasteiger partial charge is 0.423 e. The third-order valence-corrected chi connectivity index (χ3v) is 4.03. The molecule has 0 saturated heterocycles. The van der Waals surface area contributed by atoms with E-state index >= 15 is 0 Å². The third-order valence-electron chi connectivity index (χ3n) is 3.46. The number of ether oxygens (including phenoxy) is 2. The number of carbonyl (C=O) groups excluding carboxylic acids is 2. The van der Waals surface area contributed by atoms with Gasteiger partial charge in [0, 0.05) is 24.7 Å². The summed E-state index contributed by atoms with van der Waals surface area (Å²) in [5.74, 6) is -0.177. The Hall–Kier alpha value is -1.62. The number of alkyl halides is 1. The van der Waals surface area contributed by atoms with Crippen LogP contribution in [-0.2, 0) is 22.4 Å². The van der Waals surface area contributed by atoms with Crippen molar-refractivity contribution in [3.63, 3.8) is 0 Å². The molecule has 118 valence electrons. The molecule has 0 N–H and O–H groups in total. The van der Waals surface area contributed by atoms with Crippen molar-refractivity contribution in [1.29, 1.82) is 0 Å². The Morgan fingerprint density at radius 2 is 1.91 bits per heavy atom. The van der Waals surface area contributed by atoms with Crippen molar-refractivity contribution in [3.05, 3.63) is 34.9 Å². The molecule has 0 aliphatic heterocycles. The van der Waals surface area contributed by atoms with Crippen LogP contribution >= 0.6 is 15.9 Å². The molecule has 0 atom stereocenters. The number of allylic oxidation sites excluding steroid dienone is 2. The molecule has 22 heavy (non-hydrogen) atoms. The van der Waals surface area contributed by atoms with Crippen molar-refractivity contribution >= 4 is 27.9 Å². The Labute approximate surface area is 138 Å². The summed E-state index contributed by atoms with van der Waals surface area (Å²) in [6.45, 7) is 2.67. The summed E-state index contributed by atoms with van der Waals surface area (Å²) in [5, 5.41) is 0.987. The van der Waals surface area contributed by atoms with E-state index < -0.39 is 11.9 Å². The molecule has 1 aliphatic rings. The van der Waals surface area contributed by atoms with Crippen molar-refractivity contribution in [2.24, 2.45) is 0 Å². The van der Waals surface area contributed by atoms with Gasteiger partial charge in [0.05, 0.1) is 0 Å². The van der Waals surface area contributed by atoms with Gasteiger partial charge in [0.2, 0.25) is 0 Å². The number of carbonyl (C=O) groups is 2. The number of benzene rings is 1. The molecule has 4 nitrogen and oxygen atoms in total. The van der Waals surface area contributed by atoms with E-state index in [9.17, 15) is 9.59 Å². The van der Waals surface area contributed by atoms with Gasteiger partial charge in [0.15, 0.2) is 11.5 Å². The Balaban J connectivity index is 2.32. The van der Waals surface area contributed by atoms with Crippen LogP contribution in [0.2, 0.25) is 0 Å². The van der Waals surface area contributed by atoms with Gasteiger partial charge in [-0.05, 0) is 37.3 Å². The van der Waals surface area contributed by atoms with E-state index in [1.165, 1.54) is 19.4 Å². The van der Waals surface area contributed by atoms with Gasteiger partial charge < -0.3 is 9.47 Å². The molecule has 0 saturated carbocycles. The van der Waals surface area contributed by atoms with E-state index in [-0.39, 0.29) is 0 Å². The molecule has 0 heterocycles. The van der Waals surface area contributed by atoms with Crippen LogP contribution in [0.3, 0.4) is 0 Å². The summed E-state index contributed by atoms with van der Waals surface area (Å²) in [4.78, 5) is 22.6. The summed E-state index contributed by atoms with van der Waals surface area (Å²) >= 11 is 3.45. The smallest absolute Gasteiger partial charge is 0.308 e.